The molecule has 0 aromatic heterocycles. The second-order valence-corrected chi connectivity index (χ2v) is 12.1. The second kappa shape index (κ2) is 14.6. The van der Waals surface area contributed by atoms with E-state index < -0.39 is 8.07 Å². The van der Waals surface area contributed by atoms with Gasteiger partial charge in [-0.15, -0.1) is 0 Å². The van der Waals surface area contributed by atoms with Crippen LogP contribution >= 0.6 is 0 Å². The average molecular weight is 573 g/mol. The molecule has 2 aliphatic rings. The predicted molar refractivity (Wildman–Crippen MR) is 126 cm³/mol. The van der Waals surface area contributed by atoms with Crippen LogP contribution in [0.25, 0.3) is 0 Å². The molecule has 11 radical (unpaired) electrons. The van der Waals surface area contributed by atoms with Crippen molar-refractivity contribution < 1.29 is 41.7 Å². The fourth-order valence-corrected chi connectivity index (χ4v) is 7.31. The Balaban J connectivity index is 0.000000333. The summed E-state index contributed by atoms with van der Waals surface area (Å²) in [5, 5.41) is 2.14. The van der Waals surface area contributed by atoms with E-state index in [9.17, 15) is 4.79 Å². The van der Waals surface area contributed by atoms with Crippen molar-refractivity contribution in [1.29, 1.82) is 0 Å². The van der Waals surface area contributed by atoms with Gasteiger partial charge in [-0.25, -0.2) is 0 Å². The zero-order valence-electron chi connectivity index (χ0n) is 17.7. The average Bonchev–Trinajstić information content (AvgIpc) is 3.48. The van der Waals surface area contributed by atoms with Crippen LogP contribution in [-0.4, -0.2) is 14.0 Å². The third-order valence-electron chi connectivity index (χ3n) is 4.80. The minimum Gasteiger partial charge on any atom is -0.543 e. The van der Waals surface area contributed by atoms with Gasteiger partial charge in [0.2, 0.25) is 0 Å². The first-order valence-corrected chi connectivity index (χ1v) is 11.9. The minimum atomic E-state index is -2.53. The Morgan fingerprint density at radius 1 is 0.567 bits per heavy atom. The summed E-state index contributed by atoms with van der Waals surface area (Å²) in [5.74, 6) is 2.48. The standard InChI is InChI=1S/C17H19OSi.2C5H5.Lu/c1-17(2,3)19(14-18,15-10-6-4-7-11-15)16-12-8-5-9-13-16;2*1-2-4-5-3-1;/h4-13H,1-3H3;2*1-5H;/q-1;;;. The van der Waals surface area contributed by atoms with Crippen LogP contribution < -0.4 is 10.4 Å². The maximum absolute atomic E-state index is 12.0. The first-order valence-electron chi connectivity index (χ1n) is 9.86. The Morgan fingerprint density at radius 3 is 1.03 bits per heavy atom. The van der Waals surface area contributed by atoms with Crippen LogP contribution in [0.1, 0.15) is 20.8 Å². The molecule has 2 fully saturated rings. The van der Waals surface area contributed by atoms with E-state index in [1.807, 2.05) is 101 Å². The Kier molecular flexibility index (Phi) is 13.4. The Bertz CT molecular complexity index is 621. The third kappa shape index (κ3) is 7.92. The van der Waals surface area contributed by atoms with Gasteiger partial charge in [-0.3, -0.25) is 5.91 Å². The summed E-state index contributed by atoms with van der Waals surface area (Å²) in [4.78, 5) is 12.0. The number of benzene rings is 2. The van der Waals surface area contributed by atoms with E-state index in [0.717, 1.165) is 10.4 Å². The number of rotatable bonds is 3. The van der Waals surface area contributed by atoms with Gasteiger partial charge in [-0.1, -0.05) is 96.8 Å². The Hall–Kier alpha value is -0.439. The van der Waals surface area contributed by atoms with Crippen molar-refractivity contribution in [3.63, 3.8) is 0 Å². The molecule has 0 spiro atoms. The summed E-state index contributed by atoms with van der Waals surface area (Å²) < 4.78 is 0. The number of hydrogen-bond donors (Lipinski definition) is 0. The van der Waals surface area contributed by atoms with Gasteiger partial charge in [0.25, 0.3) is 0 Å². The maximum Gasteiger partial charge on any atom is 0.0111 e. The van der Waals surface area contributed by atoms with Crippen molar-refractivity contribution >= 4 is 24.4 Å². The van der Waals surface area contributed by atoms with E-state index in [-0.39, 0.29) is 41.9 Å². The molecule has 4 rings (SSSR count). The van der Waals surface area contributed by atoms with Crippen molar-refractivity contribution in [3.8, 4) is 0 Å². The van der Waals surface area contributed by atoms with Gasteiger partial charge in [0, 0.05) is 44.9 Å². The molecule has 0 heterocycles. The van der Waals surface area contributed by atoms with Crippen molar-refractivity contribution in [3.05, 3.63) is 125 Å². The molecular formula is C27H29LuOSi-. The summed E-state index contributed by atoms with van der Waals surface area (Å²) >= 11 is 0. The molecule has 0 atom stereocenters. The largest absolute Gasteiger partial charge is 0.543 e. The van der Waals surface area contributed by atoms with E-state index >= 15 is 0 Å². The van der Waals surface area contributed by atoms with Gasteiger partial charge in [-0.05, 0) is 64.2 Å². The molecule has 2 aromatic rings. The molecule has 2 aliphatic carbocycles. The molecule has 2 saturated carbocycles. The monoisotopic (exact) mass is 572 g/mol. The van der Waals surface area contributed by atoms with Crippen LogP contribution in [0, 0.1) is 101 Å². The molecule has 163 valence electrons. The normalized spacial score (nSPS) is 15.7. The molecule has 1 nitrogen and oxygen atoms in total. The SMILES string of the molecule is CC(C)(C)[Si]([C-]=O)(c1ccccc1)c1ccccc1.[CH]1[CH][CH][CH][CH]1.[CH]1[CH][CH][CH][CH]1.[Lu]. The molecule has 0 N–H and O–H groups in total. The van der Waals surface area contributed by atoms with E-state index in [2.05, 4.69) is 50.9 Å². The van der Waals surface area contributed by atoms with Crippen LogP contribution in [0.5, 0.6) is 0 Å². The predicted octanol–water partition coefficient (Wildman–Crippen LogP) is 4.74. The topological polar surface area (TPSA) is 17.1 Å². The smallest absolute Gasteiger partial charge is 0.0111 e. The van der Waals surface area contributed by atoms with Crippen molar-refractivity contribution in [2.24, 2.45) is 0 Å². The molecule has 0 amide bonds. The van der Waals surface area contributed by atoms with Crippen LogP contribution in [0.3, 0.4) is 0 Å². The molecule has 30 heavy (non-hydrogen) atoms. The fraction of sp³-hybridized carbons (Fsp3) is 0.148. The maximum atomic E-state index is 12.0. The van der Waals surface area contributed by atoms with E-state index in [0.29, 0.717) is 0 Å². The zero-order valence-corrected chi connectivity index (χ0v) is 20.4. The van der Waals surface area contributed by atoms with Gasteiger partial charge in [0.1, 0.15) is 0 Å². The summed E-state index contributed by atoms with van der Waals surface area (Å²) in [7, 11) is -2.53. The number of hydrogen-bond acceptors (Lipinski definition) is 1. The van der Waals surface area contributed by atoms with Crippen LogP contribution in [0.4, 0.5) is 0 Å². The Labute approximate surface area is 215 Å². The van der Waals surface area contributed by atoms with Crippen molar-refractivity contribution in [2.45, 2.75) is 25.8 Å². The van der Waals surface area contributed by atoms with E-state index in [1.165, 1.54) is 0 Å². The molecule has 0 bridgehead atoms. The quantitative estimate of drug-likeness (QED) is 0.384. The van der Waals surface area contributed by atoms with Crippen LogP contribution in [0.2, 0.25) is 5.04 Å². The minimum absolute atomic E-state index is 0. The van der Waals surface area contributed by atoms with Gasteiger partial charge < -0.3 is 4.79 Å². The molecule has 2 aromatic carbocycles. The zero-order chi connectivity index (χ0) is 21.0. The van der Waals surface area contributed by atoms with Crippen LogP contribution in [0.15, 0.2) is 60.7 Å². The van der Waals surface area contributed by atoms with Gasteiger partial charge >= 0.3 is 0 Å². The first-order chi connectivity index (χ1) is 14.0. The third-order valence-corrected chi connectivity index (χ3v) is 9.76. The molecule has 0 unspecified atom stereocenters. The summed E-state index contributed by atoms with van der Waals surface area (Å²) in [5.41, 5.74) is 0. The number of carbonyl (C=O) groups excluding carboxylic acids is 1. The van der Waals surface area contributed by atoms with Gasteiger partial charge in [0.05, 0.1) is 0 Å². The van der Waals surface area contributed by atoms with Gasteiger partial charge in [-0.2, -0.15) is 0 Å². The van der Waals surface area contributed by atoms with Crippen molar-refractivity contribution in [2.75, 3.05) is 0 Å². The van der Waals surface area contributed by atoms with E-state index in [4.69, 9.17) is 0 Å². The summed E-state index contributed by atoms with van der Waals surface area (Å²) in [6.45, 7) is 6.43. The molecule has 0 aliphatic heterocycles. The van der Waals surface area contributed by atoms with E-state index in [1.54, 1.807) is 0 Å². The van der Waals surface area contributed by atoms with Crippen LogP contribution in [-0.2, 0) is 4.79 Å². The Morgan fingerprint density at radius 2 is 0.833 bits per heavy atom. The first kappa shape index (κ1) is 27.6. The molecular weight excluding hydrogens is 543 g/mol. The molecule has 3 heteroatoms. The summed E-state index contributed by atoms with van der Waals surface area (Å²) in [6.07, 6.45) is 20.0. The second-order valence-electron chi connectivity index (χ2n) is 7.76. The van der Waals surface area contributed by atoms with Gasteiger partial charge in [0.15, 0.2) is 0 Å². The summed E-state index contributed by atoms with van der Waals surface area (Å²) in [6, 6.07) is 20.2. The fourth-order valence-electron chi connectivity index (χ4n) is 3.32. The molecule has 0 saturated heterocycles. The van der Waals surface area contributed by atoms with Crippen molar-refractivity contribution in [1.82, 2.24) is 0 Å².